The highest BCUT2D eigenvalue weighted by Crippen LogP contribution is 2.20. The van der Waals surface area contributed by atoms with Crippen LogP contribution in [0.25, 0.3) is 0 Å². The van der Waals surface area contributed by atoms with Gasteiger partial charge in [-0.05, 0) is 54.8 Å². The molecule has 2 rings (SSSR count). The van der Waals surface area contributed by atoms with E-state index in [1.54, 1.807) is 26.2 Å². The molecular weight excluding hydrogens is 440 g/mol. The molecule has 0 heterocycles. The van der Waals surface area contributed by atoms with Gasteiger partial charge in [-0.15, -0.1) is 0 Å². The molecule has 0 aromatic heterocycles. The molecule has 0 aliphatic heterocycles. The van der Waals surface area contributed by atoms with Gasteiger partial charge >= 0.3 is 23.9 Å². The van der Waals surface area contributed by atoms with Crippen molar-refractivity contribution < 1.29 is 43.7 Å². The van der Waals surface area contributed by atoms with E-state index in [9.17, 15) is 39.6 Å². The lowest BCUT2D eigenvalue weighted by Crippen LogP contribution is -2.59. The van der Waals surface area contributed by atoms with Gasteiger partial charge in [0.2, 0.25) is 16.6 Å². The van der Waals surface area contributed by atoms with E-state index in [4.69, 9.17) is 4.12 Å². The summed E-state index contributed by atoms with van der Waals surface area (Å²) in [7, 11) is -5.88. The number of hydrogen-bond donors (Lipinski definition) is 4. The van der Waals surface area contributed by atoms with Gasteiger partial charge < -0.3 is 24.5 Å². The quantitative estimate of drug-likeness (QED) is 0.431. The van der Waals surface area contributed by atoms with E-state index in [0.29, 0.717) is 10.4 Å². The second-order valence-electron chi connectivity index (χ2n) is 7.83. The third-order valence-corrected chi connectivity index (χ3v) is 12.3. The fourth-order valence-corrected chi connectivity index (χ4v) is 11.8. The molecule has 0 spiro atoms. The predicted octanol–water partition coefficient (Wildman–Crippen LogP) is 2.02. The largest absolute Gasteiger partial charge is 0.478 e. The lowest BCUT2D eigenvalue weighted by atomic mass is 10.1. The molecule has 0 saturated heterocycles. The van der Waals surface area contributed by atoms with E-state index >= 15 is 0 Å². The maximum absolute atomic E-state index is 11.8. The van der Waals surface area contributed by atoms with E-state index < -0.39 is 40.5 Å². The Morgan fingerprint density at radius 3 is 1.71 bits per heavy atom. The highest BCUT2D eigenvalue weighted by Gasteiger charge is 2.39. The molecule has 2 aromatic carbocycles. The third-order valence-electron chi connectivity index (χ3n) is 4.84. The van der Waals surface area contributed by atoms with Crippen LogP contribution in [0, 0.1) is 0 Å². The molecule has 0 unspecified atom stereocenters. The van der Waals surface area contributed by atoms with E-state index in [-0.39, 0.29) is 22.3 Å². The molecule has 0 radical (unpaired) electrons. The first kappa shape index (κ1) is 24.0. The zero-order valence-corrected chi connectivity index (χ0v) is 19.3. The van der Waals surface area contributed by atoms with E-state index in [1.807, 2.05) is 0 Å². The van der Waals surface area contributed by atoms with Gasteiger partial charge in [0.25, 0.3) is 0 Å². The minimum absolute atomic E-state index is 0.293. The van der Waals surface area contributed by atoms with Crippen molar-refractivity contribution in [3.05, 3.63) is 58.7 Å². The monoisotopic (exact) mass is 462 g/mol. The minimum Gasteiger partial charge on any atom is -0.478 e. The zero-order chi connectivity index (χ0) is 23.7. The van der Waals surface area contributed by atoms with Crippen LogP contribution in [-0.2, 0) is 4.12 Å². The first-order chi connectivity index (χ1) is 14.2. The average Bonchev–Trinajstić information content (AvgIpc) is 2.65. The smallest absolute Gasteiger partial charge is 0.336 e. The van der Waals surface area contributed by atoms with Crippen LogP contribution < -0.4 is 10.4 Å². The van der Waals surface area contributed by atoms with Gasteiger partial charge in [-0.2, -0.15) is 0 Å². The maximum Gasteiger partial charge on any atom is 0.336 e. The summed E-state index contributed by atoms with van der Waals surface area (Å²) in [6.45, 7) is 7.03. The number of benzene rings is 2. The van der Waals surface area contributed by atoms with Crippen molar-refractivity contribution in [3.8, 4) is 0 Å². The van der Waals surface area contributed by atoms with Crippen molar-refractivity contribution in [2.45, 2.75) is 26.2 Å². The summed E-state index contributed by atoms with van der Waals surface area (Å²) in [4.78, 5) is 46.2. The number of carbonyl (C=O) groups is 4. The van der Waals surface area contributed by atoms with Crippen LogP contribution in [0.3, 0.4) is 0 Å². The van der Waals surface area contributed by atoms with E-state index in [0.717, 1.165) is 0 Å². The lowest BCUT2D eigenvalue weighted by Gasteiger charge is -2.35. The zero-order valence-electron chi connectivity index (χ0n) is 17.3. The van der Waals surface area contributed by atoms with Crippen LogP contribution in [0.4, 0.5) is 0 Å². The normalized spacial score (nSPS) is 11.7. The van der Waals surface area contributed by atoms with Crippen molar-refractivity contribution in [2.24, 2.45) is 0 Å². The van der Waals surface area contributed by atoms with Gasteiger partial charge in [-0.1, -0.05) is 18.2 Å². The highest BCUT2D eigenvalue weighted by molar-refractivity contribution is 6.97. The second-order valence-corrected chi connectivity index (χ2v) is 15.8. The predicted molar refractivity (Wildman–Crippen MR) is 116 cm³/mol. The van der Waals surface area contributed by atoms with Crippen molar-refractivity contribution >= 4 is 50.9 Å². The van der Waals surface area contributed by atoms with Gasteiger partial charge in [0.15, 0.2) is 0 Å². The molecule has 11 heteroatoms. The minimum atomic E-state index is -3.01. The molecule has 0 aliphatic carbocycles. The van der Waals surface area contributed by atoms with Crippen LogP contribution in [0.1, 0.15) is 41.4 Å². The maximum atomic E-state index is 11.8. The summed E-state index contributed by atoms with van der Waals surface area (Å²) in [6.07, 6.45) is 0. The molecule has 31 heavy (non-hydrogen) atoms. The number of aromatic carboxylic acids is 4. The molecule has 0 atom stereocenters. The van der Waals surface area contributed by atoms with E-state index in [1.165, 1.54) is 36.4 Å². The van der Waals surface area contributed by atoms with Gasteiger partial charge in [-0.3, -0.25) is 0 Å². The van der Waals surface area contributed by atoms with Gasteiger partial charge in [0, 0.05) is 0 Å². The van der Waals surface area contributed by atoms with Crippen molar-refractivity contribution in [1.29, 1.82) is 0 Å². The van der Waals surface area contributed by atoms with Crippen LogP contribution in [0.2, 0.25) is 26.2 Å². The molecule has 0 fully saturated rings. The summed E-state index contributed by atoms with van der Waals surface area (Å²) >= 11 is 0. The number of carboxylic acids is 4. The summed E-state index contributed by atoms with van der Waals surface area (Å²) < 4.78 is 6.44. The first-order valence-electron chi connectivity index (χ1n) is 9.10. The number of carboxylic acid groups (broad SMARTS) is 4. The molecule has 2 aromatic rings. The SMILES string of the molecule is C[Si](C)(O[Si](C)(C)c1cccc(C(=O)O)c1C(=O)O)c1ccc(C(=O)O)c(C(=O)O)c1. The third kappa shape index (κ3) is 4.90. The fraction of sp³-hybridized carbons (Fsp3) is 0.200. The Hall–Kier alpha value is -3.29. The number of rotatable bonds is 8. The summed E-state index contributed by atoms with van der Waals surface area (Å²) in [5.41, 5.74) is -1.39. The Bertz CT molecular complexity index is 1090. The first-order valence-corrected chi connectivity index (χ1v) is 14.9. The Morgan fingerprint density at radius 1 is 0.677 bits per heavy atom. The Kier molecular flexibility index (Phi) is 6.54. The Balaban J connectivity index is 2.57. The molecule has 9 nitrogen and oxygen atoms in total. The van der Waals surface area contributed by atoms with E-state index in [2.05, 4.69) is 0 Å². The molecule has 164 valence electrons. The van der Waals surface area contributed by atoms with Crippen LogP contribution in [0.15, 0.2) is 36.4 Å². The topological polar surface area (TPSA) is 158 Å². The molecule has 0 saturated carbocycles. The number of hydrogen-bond acceptors (Lipinski definition) is 5. The fourth-order valence-electron chi connectivity index (χ4n) is 3.50. The molecular formula is C20H22O9Si2. The Morgan fingerprint density at radius 2 is 1.23 bits per heavy atom. The van der Waals surface area contributed by atoms with Crippen molar-refractivity contribution in [1.82, 2.24) is 0 Å². The van der Waals surface area contributed by atoms with Crippen molar-refractivity contribution in [3.63, 3.8) is 0 Å². The van der Waals surface area contributed by atoms with Crippen LogP contribution in [-0.4, -0.2) is 60.9 Å². The standard InChI is InChI=1S/C20H22O9Si2/c1-30(2,11-8-9-12(17(21)22)14(10-11)19(25)26)29-31(3,4)15-7-5-6-13(18(23)24)16(15)20(27)28/h5-10H,1-4H3,(H,21,22)(H,23,24)(H,25,26)(H,27,28). The summed E-state index contributed by atoms with van der Waals surface area (Å²) in [5, 5.41) is 38.5. The van der Waals surface area contributed by atoms with Gasteiger partial charge in [0.1, 0.15) is 0 Å². The lowest BCUT2D eigenvalue weighted by molar-refractivity contribution is 0.0651. The summed E-state index contributed by atoms with van der Waals surface area (Å²) in [5.74, 6) is -5.50. The average molecular weight is 463 g/mol. The van der Waals surface area contributed by atoms with Crippen molar-refractivity contribution in [2.75, 3.05) is 0 Å². The molecule has 0 bridgehead atoms. The van der Waals surface area contributed by atoms with Gasteiger partial charge in [-0.25, -0.2) is 19.2 Å². The highest BCUT2D eigenvalue weighted by atomic mass is 28.4. The van der Waals surface area contributed by atoms with Gasteiger partial charge in [0.05, 0.1) is 22.3 Å². The summed E-state index contributed by atoms with van der Waals surface area (Å²) in [6, 6.07) is 8.19. The molecule has 4 N–H and O–H groups in total. The van der Waals surface area contributed by atoms with Crippen LogP contribution >= 0.6 is 0 Å². The van der Waals surface area contributed by atoms with Crippen LogP contribution in [0.5, 0.6) is 0 Å². The second kappa shape index (κ2) is 8.45. The molecule has 0 aliphatic rings. The Labute approximate surface area is 179 Å². The molecule has 0 amide bonds.